The zero-order valence-corrected chi connectivity index (χ0v) is 21.8. The van der Waals surface area contributed by atoms with Gasteiger partial charge in [0.05, 0.1) is 30.8 Å². The first kappa shape index (κ1) is 28.8. The molecular formula is C29H33F3N2O5. The zero-order valence-electron chi connectivity index (χ0n) is 21.8. The molecule has 210 valence electrons. The molecule has 1 aromatic heterocycles. The van der Waals surface area contributed by atoms with Gasteiger partial charge in [-0.05, 0) is 99.6 Å². The Morgan fingerprint density at radius 3 is 2.46 bits per heavy atom. The first-order valence-corrected chi connectivity index (χ1v) is 13.0. The summed E-state index contributed by atoms with van der Waals surface area (Å²) >= 11 is 0. The molecule has 0 spiro atoms. The van der Waals surface area contributed by atoms with Gasteiger partial charge in [0.15, 0.2) is 17.5 Å². The van der Waals surface area contributed by atoms with E-state index in [4.69, 9.17) is 4.74 Å². The molecule has 2 heterocycles. The quantitative estimate of drug-likeness (QED) is 0.298. The van der Waals surface area contributed by atoms with Crippen molar-refractivity contribution in [3.8, 4) is 5.75 Å². The van der Waals surface area contributed by atoms with Crippen LogP contribution in [0.5, 0.6) is 5.75 Å². The van der Waals surface area contributed by atoms with E-state index in [0.29, 0.717) is 78.7 Å². The molecule has 39 heavy (non-hydrogen) atoms. The summed E-state index contributed by atoms with van der Waals surface area (Å²) in [6, 6.07) is 7.27. The molecule has 1 atom stereocenters. The van der Waals surface area contributed by atoms with Crippen molar-refractivity contribution in [2.45, 2.75) is 51.2 Å². The summed E-state index contributed by atoms with van der Waals surface area (Å²) < 4.78 is 45.4. The van der Waals surface area contributed by atoms with E-state index in [1.54, 1.807) is 18.2 Å². The Morgan fingerprint density at radius 2 is 1.85 bits per heavy atom. The van der Waals surface area contributed by atoms with Crippen LogP contribution in [0.4, 0.5) is 13.2 Å². The molecule has 3 aromatic rings. The van der Waals surface area contributed by atoms with Gasteiger partial charge in [-0.15, -0.1) is 0 Å². The fourth-order valence-corrected chi connectivity index (χ4v) is 5.47. The average molecular weight is 547 g/mol. The summed E-state index contributed by atoms with van der Waals surface area (Å²) in [6.45, 7) is 1.37. The molecule has 10 heteroatoms. The number of halogens is 3. The van der Waals surface area contributed by atoms with Gasteiger partial charge in [0.2, 0.25) is 0 Å². The summed E-state index contributed by atoms with van der Waals surface area (Å²) in [7, 11) is 1.53. The van der Waals surface area contributed by atoms with Gasteiger partial charge in [-0.3, -0.25) is 9.78 Å². The number of nitrogens with zero attached hydrogens (tertiary/aromatic N) is 2. The first-order chi connectivity index (χ1) is 18.7. The van der Waals surface area contributed by atoms with Crippen LogP contribution in [0.2, 0.25) is 0 Å². The topological polar surface area (TPSA) is 103 Å². The number of likely N-dealkylation sites (tertiary alicyclic amines) is 1. The maximum Gasteiger partial charge on any atom is 0.309 e. The number of aliphatic carboxylic acids is 1. The Kier molecular flexibility index (Phi) is 9.09. The second-order valence-electron chi connectivity index (χ2n) is 10.2. The van der Waals surface area contributed by atoms with Crippen LogP contribution in [0.3, 0.4) is 0 Å². The number of pyridine rings is 1. The molecule has 1 fully saturated rings. The number of methoxy groups -OCH3 is 1. The lowest BCUT2D eigenvalue weighted by Gasteiger charge is -2.39. The van der Waals surface area contributed by atoms with E-state index in [1.807, 2.05) is 0 Å². The Labute approximate surface area is 224 Å². The lowest BCUT2D eigenvalue weighted by Crippen LogP contribution is -2.44. The molecule has 0 aliphatic carbocycles. The van der Waals surface area contributed by atoms with E-state index < -0.39 is 34.9 Å². The molecule has 1 aliphatic heterocycles. The van der Waals surface area contributed by atoms with Crippen molar-refractivity contribution in [3.05, 3.63) is 70.7 Å². The van der Waals surface area contributed by atoms with Crippen LogP contribution in [0.15, 0.2) is 36.5 Å². The fraction of sp³-hybridized carbons (Fsp3) is 0.448. The van der Waals surface area contributed by atoms with Gasteiger partial charge in [-0.25, -0.2) is 13.2 Å². The van der Waals surface area contributed by atoms with Gasteiger partial charge < -0.3 is 25.0 Å². The number of aliphatic hydroxyl groups is 2. The monoisotopic (exact) mass is 546 g/mol. The third-order valence-electron chi connectivity index (χ3n) is 7.85. The van der Waals surface area contributed by atoms with E-state index in [0.717, 1.165) is 12.1 Å². The number of rotatable bonds is 11. The molecule has 3 N–H and O–H groups in total. The number of hydrogen-bond donors (Lipinski definition) is 3. The molecule has 0 bridgehead atoms. The second-order valence-corrected chi connectivity index (χ2v) is 10.2. The van der Waals surface area contributed by atoms with Crippen LogP contribution in [0.25, 0.3) is 10.9 Å². The van der Waals surface area contributed by atoms with Crippen LogP contribution in [0.1, 0.15) is 54.9 Å². The minimum absolute atomic E-state index is 0.192. The number of carbonyl (C=O) groups is 1. The molecular weight excluding hydrogens is 513 g/mol. The largest absolute Gasteiger partial charge is 0.497 e. The Balaban J connectivity index is 1.38. The van der Waals surface area contributed by atoms with Crippen LogP contribution in [0, 0.1) is 22.9 Å². The second kappa shape index (κ2) is 12.3. The van der Waals surface area contributed by atoms with Crippen LogP contribution < -0.4 is 4.74 Å². The molecule has 0 amide bonds. The summed E-state index contributed by atoms with van der Waals surface area (Å²) in [5.74, 6) is -4.22. The molecule has 1 aliphatic rings. The molecule has 1 unspecified atom stereocenters. The zero-order chi connectivity index (χ0) is 28.2. The van der Waals surface area contributed by atoms with Gasteiger partial charge in [-0.2, -0.15) is 0 Å². The van der Waals surface area contributed by atoms with E-state index in [9.17, 15) is 33.3 Å². The average Bonchev–Trinajstić information content (AvgIpc) is 2.94. The van der Waals surface area contributed by atoms with Crippen LogP contribution >= 0.6 is 0 Å². The Bertz CT molecular complexity index is 1300. The highest BCUT2D eigenvalue weighted by Gasteiger charge is 2.41. The summed E-state index contributed by atoms with van der Waals surface area (Å²) in [4.78, 5) is 18.8. The Hall–Kier alpha value is -3.21. The number of carboxylic acids is 1. The third-order valence-corrected chi connectivity index (χ3v) is 7.85. The van der Waals surface area contributed by atoms with Crippen molar-refractivity contribution in [2.24, 2.45) is 5.41 Å². The maximum absolute atomic E-state index is 13.5. The number of hydrogen-bond acceptors (Lipinski definition) is 6. The standard InChI is InChI=1S/C29H33F3N2O5/c1-39-20-4-5-24-21(15-20)26(19(17-35)16-33-24)25(36)6-7-29(28(37)38)8-11-34(12-9-29)10-2-3-18-13-22(30)27(32)23(31)14-18/h4-5,13-16,25,35-36H,2-3,6-12,17H2,1H3,(H,37,38). The van der Waals surface area contributed by atoms with Gasteiger partial charge in [-0.1, -0.05) is 0 Å². The number of aryl methyl sites for hydroxylation is 1. The highest BCUT2D eigenvalue weighted by atomic mass is 19.2. The lowest BCUT2D eigenvalue weighted by atomic mass is 9.73. The van der Waals surface area contributed by atoms with E-state index in [2.05, 4.69) is 9.88 Å². The predicted molar refractivity (Wildman–Crippen MR) is 139 cm³/mol. The first-order valence-electron chi connectivity index (χ1n) is 13.0. The van der Waals surface area contributed by atoms with Crippen LogP contribution in [-0.4, -0.2) is 57.9 Å². The molecule has 1 saturated heterocycles. The third kappa shape index (κ3) is 6.34. The highest BCUT2D eigenvalue weighted by Crippen LogP contribution is 2.40. The van der Waals surface area contributed by atoms with E-state index in [1.165, 1.54) is 13.3 Å². The van der Waals surface area contributed by atoms with Crippen molar-refractivity contribution in [1.29, 1.82) is 0 Å². The number of benzene rings is 2. The number of fused-ring (bicyclic) bond motifs is 1. The van der Waals surface area contributed by atoms with Gasteiger partial charge in [0, 0.05) is 17.1 Å². The number of ether oxygens (including phenoxy) is 1. The molecule has 4 rings (SSSR count). The van der Waals surface area contributed by atoms with Crippen molar-refractivity contribution in [1.82, 2.24) is 9.88 Å². The van der Waals surface area contributed by atoms with Crippen molar-refractivity contribution in [3.63, 3.8) is 0 Å². The van der Waals surface area contributed by atoms with Crippen molar-refractivity contribution < 1.29 is 38.0 Å². The number of piperidine rings is 1. The van der Waals surface area contributed by atoms with E-state index in [-0.39, 0.29) is 19.4 Å². The normalized spacial score (nSPS) is 16.4. The molecule has 7 nitrogen and oxygen atoms in total. The van der Waals surface area contributed by atoms with Gasteiger partial charge in [0.25, 0.3) is 0 Å². The van der Waals surface area contributed by atoms with Crippen molar-refractivity contribution >= 4 is 16.9 Å². The van der Waals surface area contributed by atoms with Crippen LogP contribution in [-0.2, 0) is 17.8 Å². The summed E-state index contributed by atoms with van der Waals surface area (Å²) in [5, 5.41) is 31.9. The minimum atomic E-state index is -1.48. The van der Waals surface area contributed by atoms with Gasteiger partial charge in [0.1, 0.15) is 5.75 Å². The fourth-order valence-electron chi connectivity index (χ4n) is 5.47. The maximum atomic E-state index is 13.5. The van der Waals surface area contributed by atoms with Crippen molar-refractivity contribution in [2.75, 3.05) is 26.7 Å². The molecule has 2 aromatic carbocycles. The number of carboxylic acid groups (broad SMARTS) is 1. The lowest BCUT2D eigenvalue weighted by molar-refractivity contribution is -0.153. The van der Waals surface area contributed by atoms with E-state index >= 15 is 0 Å². The molecule has 0 radical (unpaired) electrons. The Morgan fingerprint density at radius 1 is 1.15 bits per heavy atom. The predicted octanol–water partition coefficient (Wildman–Crippen LogP) is 4.77. The SMILES string of the molecule is COc1ccc2ncc(CO)c(C(O)CCC3(C(=O)O)CCN(CCCc4cc(F)c(F)c(F)c4)CC3)c2c1. The minimum Gasteiger partial charge on any atom is -0.497 e. The smallest absolute Gasteiger partial charge is 0.309 e. The number of aliphatic hydroxyl groups excluding tert-OH is 2. The van der Waals surface area contributed by atoms with Gasteiger partial charge >= 0.3 is 5.97 Å². The number of aromatic nitrogens is 1. The molecule has 0 saturated carbocycles. The summed E-state index contributed by atoms with van der Waals surface area (Å²) in [6.07, 6.45) is 2.72. The summed E-state index contributed by atoms with van der Waals surface area (Å²) in [5.41, 5.74) is 1.01. The highest BCUT2D eigenvalue weighted by molar-refractivity contribution is 5.85.